The molecule has 0 saturated carbocycles. The highest BCUT2D eigenvalue weighted by atomic mass is 16.6. The molecule has 2 rings (SSSR count). The molecule has 2 atom stereocenters. The molecule has 0 aromatic heterocycles. The minimum atomic E-state index is -1.02. The summed E-state index contributed by atoms with van der Waals surface area (Å²) in [5.41, 5.74) is 0.226. The van der Waals surface area contributed by atoms with Crippen molar-refractivity contribution in [2.24, 2.45) is 0 Å². The second-order valence-corrected chi connectivity index (χ2v) is 6.57. The fourth-order valence-electron chi connectivity index (χ4n) is 2.84. The van der Waals surface area contributed by atoms with Crippen LogP contribution in [0.15, 0.2) is 42.5 Å². The Balaban J connectivity index is 2.02. The molecule has 1 aliphatic heterocycles. The van der Waals surface area contributed by atoms with Crippen LogP contribution in [-0.2, 0) is 4.74 Å². The van der Waals surface area contributed by atoms with Gasteiger partial charge in [-0.25, -0.2) is 19.3 Å². The highest BCUT2D eigenvalue weighted by Gasteiger charge is 2.40. The molecule has 7 heteroatoms. The Kier molecular flexibility index (Phi) is 7.55. The molecule has 0 aliphatic carbocycles. The molecule has 0 spiro atoms. The Morgan fingerprint density at radius 2 is 2.00 bits per heavy atom. The minimum Gasteiger partial charge on any atom is -0.389 e. The lowest BCUT2D eigenvalue weighted by Gasteiger charge is -2.18. The zero-order valence-electron chi connectivity index (χ0n) is 15.7. The normalized spacial score (nSPS) is 18.2. The molecule has 1 fully saturated rings. The molecule has 1 aromatic carbocycles. The first kappa shape index (κ1) is 20.6. The van der Waals surface area contributed by atoms with Crippen molar-refractivity contribution in [3.05, 3.63) is 48.0 Å². The molecule has 1 aromatic rings. The predicted molar refractivity (Wildman–Crippen MR) is 100 cm³/mol. The van der Waals surface area contributed by atoms with E-state index in [0.29, 0.717) is 6.42 Å². The summed E-state index contributed by atoms with van der Waals surface area (Å²) < 4.78 is 4.86. The second-order valence-electron chi connectivity index (χ2n) is 6.57. The Labute approximate surface area is 159 Å². The van der Waals surface area contributed by atoms with Crippen LogP contribution in [0, 0.1) is 0 Å². The third-order valence-electron chi connectivity index (χ3n) is 4.37. The number of carbonyl (C=O) groups excluding carboxylic acids is 3. The third kappa shape index (κ3) is 5.65. The lowest BCUT2D eigenvalue weighted by Crippen LogP contribution is -2.40. The quantitative estimate of drug-likeness (QED) is 0.343. The highest BCUT2D eigenvalue weighted by Crippen LogP contribution is 2.18. The lowest BCUT2D eigenvalue weighted by atomic mass is 10.1. The maximum Gasteiger partial charge on any atom is 0.426 e. The molecule has 1 N–H and O–H groups in total. The average molecular weight is 374 g/mol. The van der Waals surface area contributed by atoms with Gasteiger partial charge in [-0.05, 0) is 18.6 Å². The van der Waals surface area contributed by atoms with Gasteiger partial charge in [-0.1, -0.05) is 56.5 Å². The van der Waals surface area contributed by atoms with Gasteiger partial charge >= 0.3 is 18.1 Å². The zero-order valence-corrected chi connectivity index (χ0v) is 15.7. The number of nitrogens with zero attached hydrogens (tertiary/aromatic N) is 2. The molecule has 27 heavy (non-hydrogen) atoms. The number of unbranched alkanes of at least 4 members (excludes halogenated alkanes) is 2. The fraction of sp³-hybridized carbons (Fsp3) is 0.450. The monoisotopic (exact) mass is 374 g/mol. The number of rotatable bonds is 7. The molecule has 3 amide bonds. The van der Waals surface area contributed by atoms with Crippen molar-refractivity contribution >= 4 is 18.1 Å². The van der Waals surface area contributed by atoms with Crippen LogP contribution in [0.2, 0.25) is 0 Å². The Morgan fingerprint density at radius 3 is 2.67 bits per heavy atom. The first-order chi connectivity index (χ1) is 12.9. The van der Waals surface area contributed by atoms with Crippen LogP contribution in [0.3, 0.4) is 0 Å². The van der Waals surface area contributed by atoms with Gasteiger partial charge in [-0.15, -0.1) is 0 Å². The highest BCUT2D eigenvalue weighted by molar-refractivity contribution is 6.01. The van der Waals surface area contributed by atoms with Crippen LogP contribution in [-0.4, -0.2) is 58.7 Å². The van der Waals surface area contributed by atoms with E-state index in [1.54, 1.807) is 37.4 Å². The number of ether oxygens (including phenoxy) is 1. The number of carbonyl (C=O) groups is 3. The topological polar surface area (TPSA) is 87.2 Å². The lowest BCUT2D eigenvalue weighted by molar-refractivity contribution is 0.0565. The summed E-state index contributed by atoms with van der Waals surface area (Å²) in [5.74, 6) is -0.815. The van der Waals surface area contributed by atoms with E-state index in [4.69, 9.17) is 4.74 Å². The molecule has 1 saturated heterocycles. The van der Waals surface area contributed by atoms with Crippen molar-refractivity contribution in [1.82, 2.24) is 9.80 Å². The number of urea groups is 1. The third-order valence-corrected chi connectivity index (χ3v) is 4.37. The molecule has 1 aliphatic rings. The van der Waals surface area contributed by atoms with Crippen LogP contribution < -0.4 is 0 Å². The van der Waals surface area contributed by atoms with Crippen LogP contribution in [0.4, 0.5) is 9.59 Å². The number of hydrogen-bond donors (Lipinski definition) is 1. The second kappa shape index (κ2) is 9.87. The van der Waals surface area contributed by atoms with E-state index in [0.717, 1.165) is 24.2 Å². The first-order valence-electron chi connectivity index (χ1n) is 9.16. The summed E-state index contributed by atoms with van der Waals surface area (Å²) in [7, 11) is 1.56. The van der Waals surface area contributed by atoms with E-state index in [9.17, 15) is 19.5 Å². The van der Waals surface area contributed by atoms with Gasteiger partial charge in [0.25, 0.3) is 0 Å². The summed E-state index contributed by atoms with van der Waals surface area (Å²) in [6.07, 6.45) is 5.18. The molecule has 146 valence electrons. The van der Waals surface area contributed by atoms with Crippen molar-refractivity contribution in [2.75, 3.05) is 13.6 Å². The zero-order chi connectivity index (χ0) is 19.8. The number of esters is 1. The maximum absolute atomic E-state index is 12.4. The Hall–Kier alpha value is -2.67. The minimum absolute atomic E-state index is 0.226. The summed E-state index contributed by atoms with van der Waals surface area (Å²) >= 11 is 0. The van der Waals surface area contributed by atoms with Gasteiger partial charge in [0.15, 0.2) is 0 Å². The largest absolute Gasteiger partial charge is 0.426 e. The van der Waals surface area contributed by atoms with E-state index in [2.05, 4.69) is 6.92 Å². The van der Waals surface area contributed by atoms with Crippen molar-refractivity contribution in [1.29, 1.82) is 0 Å². The van der Waals surface area contributed by atoms with Crippen molar-refractivity contribution in [3.63, 3.8) is 0 Å². The van der Waals surface area contributed by atoms with Gasteiger partial charge in [0.05, 0.1) is 17.7 Å². The summed E-state index contributed by atoms with van der Waals surface area (Å²) in [6.45, 7) is 2.36. The smallest absolute Gasteiger partial charge is 0.389 e. The molecule has 2 unspecified atom stereocenters. The van der Waals surface area contributed by atoms with Gasteiger partial charge in [-0.2, -0.15) is 0 Å². The maximum atomic E-state index is 12.4. The van der Waals surface area contributed by atoms with Gasteiger partial charge < -0.3 is 14.7 Å². The van der Waals surface area contributed by atoms with Gasteiger partial charge in [-0.3, -0.25) is 0 Å². The Bertz CT molecular complexity index is 689. The molecule has 1 heterocycles. The molecule has 7 nitrogen and oxygen atoms in total. The standard InChI is InChI=1S/C20H26N2O5/c1-3-4-6-11-17(23)13-12-16-14-21(2)19(25)22(16)20(26)27-18(24)15-9-7-5-8-10-15/h5,7-10,12-13,16-17,23H,3-4,6,11,14H2,1-2H3. The van der Waals surface area contributed by atoms with E-state index >= 15 is 0 Å². The number of amides is 3. The van der Waals surface area contributed by atoms with Crippen molar-refractivity contribution in [2.45, 2.75) is 44.8 Å². The number of imide groups is 1. The van der Waals surface area contributed by atoms with Gasteiger partial charge in [0, 0.05) is 13.6 Å². The van der Waals surface area contributed by atoms with Crippen molar-refractivity contribution < 1.29 is 24.2 Å². The summed E-state index contributed by atoms with van der Waals surface area (Å²) in [6, 6.07) is 6.96. The van der Waals surface area contributed by atoms with Gasteiger partial charge in [0.2, 0.25) is 0 Å². The molecule has 0 radical (unpaired) electrons. The van der Waals surface area contributed by atoms with Crippen LogP contribution in [0.25, 0.3) is 0 Å². The van der Waals surface area contributed by atoms with Crippen molar-refractivity contribution in [3.8, 4) is 0 Å². The van der Waals surface area contributed by atoms with E-state index in [1.165, 1.54) is 17.0 Å². The number of aliphatic hydroxyl groups excluding tert-OH is 1. The van der Waals surface area contributed by atoms with Crippen LogP contribution >= 0.6 is 0 Å². The van der Waals surface area contributed by atoms with Crippen LogP contribution in [0.1, 0.15) is 43.0 Å². The summed E-state index contributed by atoms with van der Waals surface area (Å²) in [5, 5.41) is 10.0. The Morgan fingerprint density at radius 1 is 1.30 bits per heavy atom. The predicted octanol–water partition coefficient (Wildman–Crippen LogP) is 3.20. The number of aliphatic hydroxyl groups is 1. The van der Waals surface area contributed by atoms with E-state index in [1.807, 2.05) is 0 Å². The van der Waals surface area contributed by atoms with Crippen LogP contribution in [0.5, 0.6) is 0 Å². The van der Waals surface area contributed by atoms with Gasteiger partial charge in [0.1, 0.15) is 0 Å². The number of benzene rings is 1. The summed E-state index contributed by atoms with van der Waals surface area (Å²) in [4.78, 5) is 39.0. The van der Waals surface area contributed by atoms with E-state index in [-0.39, 0.29) is 12.1 Å². The SMILES string of the molecule is CCCCCC(O)C=CC1CN(C)C(=O)N1C(=O)OC(=O)c1ccccc1. The number of hydrogen-bond acceptors (Lipinski definition) is 5. The first-order valence-corrected chi connectivity index (χ1v) is 9.16. The molecular weight excluding hydrogens is 348 g/mol. The molecule has 0 bridgehead atoms. The average Bonchev–Trinajstić information content (AvgIpc) is 2.95. The fourth-order valence-corrected chi connectivity index (χ4v) is 2.84. The number of likely N-dealkylation sites (N-methyl/N-ethyl adjacent to an activating group) is 1. The van der Waals surface area contributed by atoms with E-state index < -0.39 is 30.2 Å². The molecular formula is C20H26N2O5.